The summed E-state index contributed by atoms with van der Waals surface area (Å²) < 4.78 is 26.9. The third kappa shape index (κ3) is 3.84. The Balaban J connectivity index is 2.16. The minimum atomic E-state index is -3.39. The van der Waals surface area contributed by atoms with Crippen molar-refractivity contribution in [2.24, 2.45) is 17.6 Å². The Labute approximate surface area is 128 Å². The van der Waals surface area contributed by atoms with Crippen molar-refractivity contribution in [1.82, 2.24) is 4.31 Å². The highest BCUT2D eigenvalue weighted by molar-refractivity contribution is 7.89. The molecule has 1 aliphatic heterocycles. The molecule has 0 aliphatic carbocycles. The maximum absolute atomic E-state index is 12.7. The van der Waals surface area contributed by atoms with E-state index >= 15 is 0 Å². The lowest BCUT2D eigenvalue weighted by atomic mass is 9.96. The summed E-state index contributed by atoms with van der Waals surface area (Å²) in [6.45, 7) is 7.35. The number of nitrogens with zero attached hydrogens (tertiary/aromatic N) is 1. The van der Waals surface area contributed by atoms with E-state index in [0.717, 1.165) is 12.8 Å². The first-order chi connectivity index (χ1) is 9.80. The molecule has 1 aromatic rings. The van der Waals surface area contributed by atoms with Crippen molar-refractivity contribution in [3.05, 3.63) is 29.8 Å². The summed E-state index contributed by atoms with van der Waals surface area (Å²) >= 11 is 0. The molecule has 1 fully saturated rings. The maximum Gasteiger partial charge on any atom is 0.243 e. The monoisotopic (exact) mass is 310 g/mol. The molecule has 1 aliphatic rings. The minimum absolute atomic E-state index is 0.102. The van der Waals surface area contributed by atoms with Gasteiger partial charge in [0.05, 0.1) is 4.90 Å². The average molecular weight is 310 g/mol. The summed E-state index contributed by atoms with van der Waals surface area (Å²) in [6.07, 6.45) is 1.70. The smallest absolute Gasteiger partial charge is 0.243 e. The van der Waals surface area contributed by atoms with Crippen molar-refractivity contribution in [2.45, 2.75) is 44.6 Å². The van der Waals surface area contributed by atoms with E-state index in [1.54, 1.807) is 16.4 Å². The van der Waals surface area contributed by atoms with Crippen LogP contribution in [0.5, 0.6) is 0 Å². The minimum Gasteiger partial charge on any atom is -0.327 e. The van der Waals surface area contributed by atoms with E-state index in [4.69, 9.17) is 5.73 Å². The standard InChI is InChI=1S/C16H26N2O2S/c1-12(2)10-14-4-6-15(7-5-14)21(19,20)18-9-8-16(17)13(3)11-18/h4-7,12-13,16H,8-11,17H2,1-3H3. The zero-order valence-corrected chi connectivity index (χ0v) is 13.9. The summed E-state index contributed by atoms with van der Waals surface area (Å²) in [7, 11) is -3.39. The molecule has 0 amide bonds. The Morgan fingerprint density at radius 2 is 1.90 bits per heavy atom. The molecule has 0 radical (unpaired) electrons. The SMILES string of the molecule is CC(C)Cc1ccc(S(=O)(=O)N2CCC(N)C(C)C2)cc1. The van der Waals surface area contributed by atoms with Crippen LogP contribution in [-0.4, -0.2) is 31.9 Å². The van der Waals surface area contributed by atoms with Crippen LogP contribution in [0.3, 0.4) is 0 Å². The van der Waals surface area contributed by atoms with Crippen molar-refractivity contribution in [3.63, 3.8) is 0 Å². The van der Waals surface area contributed by atoms with Crippen LogP contribution < -0.4 is 5.73 Å². The molecular formula is C16H26N2O2S. The Morgan fingerprint density at radius 1 is 1.29 bits per heavy atom. The van der Waals surface area contributed by atoms with Gasteiger partial charge in [-0.05, 0) is 42.4 Å². The Hall–Kier alpha value is -0.910. The van der Waals surface area contributed by atoms with Gasteiger partial charge in [0.15, 0.2) is 0 Å². The van der Waals surface area contributed by atoms with E-state index in [2.05, 4.69) is 13.8 Å². The highest BCUT2D eigenvalue weighted by Crippen LogP contribution is 2.23. The van der Waals surface area contributed by atoms with Gasteiger partial charge in [0, 0.05) is 19.1 Å². The van der Waals surface area contributed by atoms with E-state index in [9.17, 15) is 8.42 Å². The first-order valence-corrected chi connectivity index (χ1v) is 9.09. The van der Waals surface area contributed by atoms with Crippen LogP contribution in [-0.2, 0) is 16.4 Å². The molecule has 2 atom stereocenters. The highest BCUT2D eigenvalue weighted by Gasteiger charge is 2.31. The lowest BCUT2D eigenvalue weighted by Gasteiger charge is -2.34. The van der Waals surface area contributed by atoms with Gasteiger partial charge in [-0.25, -0.2) is 8.42 Å². The fourth-order valence-corrected chi connectivity index (χ4v) is 4.32. The predicted octanol–water partition coefficient (Wildman–Crippen LogP) is 2.24. The molecule has 21 heavy (non-hydrogen) atoms. The second kappa shape index (κ2) is 6.46. The molecule has 0 spiro atoms. The summed E-state index contributed by atoms with van der Waals surface area (Å²) in [4.78, 5) is 0.387. The number of hydrogen-bond donors (Lipinski definition) is 1. The lowest BCUT2D eigenvalue weighted by Crippen LogP contribution is -2.48. The molecule has 0 saturated carbocycles. The summed E-state index contributed by atoms with van der Waals surface area (Å²) in [5.41, 5.74) is 7.15. The third-order valence-electron chi connectivity index (χ3n) is 4.14. The number of sulfonamides is 1. The molecule has 1 saturated heterocycles. The largest absolute Gasteiger partial charge is 0.327 e. The fraction of sp³-hybridized carbons (Fsp3) is 0.625. The second-order valence-corrected chi connectivity index (χ2v) is 8.47. The van der Waals surface area contributed by atoms with Gasteiger partial charge in [0.1, 0.15) is 0 Å². The molecular weight excluding hydrogens is 284 g/mol. The summed E-state index contributed by atoms with van der Waals surface area (Å²) in [5, 5.41) is 0. The molecule has 1 aromatic carbocycles. The molecule has 2 unspecified atom stereocenters. The quantitative estimate of drug-likeness (QED) is 0.927. The van der Waals surface area contributed by atoms with E-state index < -0.39 is 10.0 Å². The lowest BCUT2D eigenvalue weighted by molar-refractivity contribution is 0.250. The molecule has 118 valence electrons. The summed E-state index contributed by atoms with van der Waals surface area (Å²) in [6, 6.07) is 7.40. The zero-order chi connectivity index (χ0) is 15.6. The Bertz CT molecular complexity index is 566. The number of piperidine rings is 1. The van der Waals surface area contributed by atoms with Crippen LogP contribution in [0.4, 0.5) is 0 Å². The van der Waals surface area contributed by atoms with E-state index in [-0.39, 0.29) is 12.0 Å². The van der Waals surface area contributed by atoms with Crippen molar-refractivity contribution < 1.29 is 8.42 Å². The van der Waals surface area contributed by atoms with Crippen LogP contribution >= 0.6 is 0 Å². The van der Waals surface area contributed by atoms with Gasteiger partial charge in [-0.1, -0.05) is 32.9 Å². The Kier molecular flexibility index (Phi) is 5.07. The number of rotatable bonds is 4. The van der Waals surface area contributed by atoms with Crippen LogP contribution in [0.2, 0.25) is 0 Å². The van der Waals surface area contributed by atoms with E-state index in [1.165, 1.54) is 5.56 Å². The van der Waals surface area contributed by atoms with Gasteiger partial charge in [-0.2, -0.15) is 4.31 Å². The summed E-state index contributed by atoms with van der Waals surface area (Å²) in [5.74, 6) is 0.769. The molecule has 5 heteroatoms. The van der Waals surface area contributed by atoms with Gasteiger partial charge >= 0.3 is 0 Å². The molecule has 0 aromatic heterocycles. The topological polar surface area (TPSA) is 63.4 Å². The van der Waals surface area contributed by atoms with Gasteiger partial charge in [-0.3, -0.25) is 0 Å². The second-order valence-electron chi connectivity index (χ2n) is 6.53. The molecule has 2 N–H and O–H groups in total. The Morgan fingerprint density at radius 3 is 2.43 bits per heavy atom. The number of hydrogen-bond acceptors (Lipinski definition) is 3. The highest BCUT2D eigenvalue weighted by atomic mass is 32.2. The van der Waals surface area contributed by atoms with Gasteiger partial charge in [-0.15, -0.1) is 0 Å². The van der Waals surface area contributed by atoms with Crippen molar-refractivity contribution in [3.8, 4) is 0 Å². The van der Waals surface area contributed by atoms with Crippen molar-refractivity contribution in [2.75, 3.05) is 13.1 Å². The zero-order valence-electron chi connectivity index (χ0n) is 13.1. The van der Waals surface area contributed by atoms with Gasteiger partial charge in [0.25, 0.3) is 0 Å². The number of benzene rings is 1. The van der Waals surface area contributed by atoms with Gasteiger partial charge < -0.3 is 5.73 Å². The van der Waals surface area contributed by atoms with Crippen LogP contribution in [0.25, 0.3) is 0 Å². The molecule has 2 rings (SSSR count). The fourth-order valence-electron chi connectivity index (χ4n) is 2.76. The van der Waals surface area contributed by atoms with E-state index in [1.807, 2.05) is 19.1 Å². The van der Waals surface area contributed by atoms with Crippen LogP contribution in [0.15, 0.2) is 29.2 Å². The first-order valence-electron chi connectivity index (χ1n) is 7.65. The molecule has 1 heterocycles. The maximum atomic E-state index is 12.7. The molecule has 0 bridgehead atoms. The molecule has 4 nitrogen and oxygen atoms in total. The van der Waals surface area contributed by atoms with Gasteiger partial charge in [0.2, 0.25) is 10.0 Å². The van der Waals surface area contributed by atoms with Crippen molar-refractivity contribution >= 4 is 10.0 Å². The normalized spacial score (nSPS) is 24.4. The average Bonchev–Trinajstić information content (AvgIpc) is 2.41. The van der Waals surface area contributed by atoms with Crippen LogP contribution in [0, 0.1) is 11.8 Å². The number of nitrogens with two attached hydrogens (primary N) is 1. The van der Waals surface area contributed by atoms with Crippen LogP contribution in [0.1, 0.15) is 32.8 Å². The van der Waals surface area contributed by atoms with E-state index in [0.29, 0.717) is 23.9 Å². The third-order valence-corrected chi connectivity index (χ3v) is 6.02. The predicted molar refractivity (Wildman–Crippen MR) is 85.5 cm³/mol. The first kappa shape index (κ1) is 16.5. The van der Waals surface area contributed by atoms with Crippen molar-refractivity contribution in [1.29, 1.82) is 0 Å².